The van der Waals surface area contributed by atoms with E-state index in [-0.39, 0.29) is 6.42 Å². The Morgan fingerprint density at radius 2 is 2.08 bits per heavy atom. The van der Waals surface area contributed by atoms with E-state index in [0.29, 0.717) is 13.0 Å². The average molecular weight is 384 g/mol. The van der Waals surface area contributed by atoms with Crippen LogP contribution in [0, 0.1) is 0 Å². The van der Waals surface area contributed by atoms with Gasteiger partial charge in [0, 0.05) is 13.5 Å². The molecule has 7 nitrogen and oxygen atoms in total. The van der Waals surface area contributed by atoms with Gasteiger partial charge in [0.25, 0.3) is 0 Å². The van der Waals surface area contributed by atoms with Gasteiger partial charge >= 0.3 is 0 Å². The fraction of sp³-hybridized carbons (Fsp3) is 0.611. The van der Waals surface area contributed by atoms with E-state index in [1.54, 1.807) is 0 Å². The molecule has 1 amide bonds. The van der Waals surface area contributed by atoms with Crippen molar-refractivity contribution in [3.05, 3.63) is 29.8 Å². The Balaban J connectivity index is 1.79. The van der Waals surface area contributed by atoms with Crippen molar-refractivity contribution < 1.29 is 23.1 Å². The second-order valence-corrected chi connectivity index (χ2v) is 8.59. The molecule has 1 atom stereocenters. The van der Waals surface area contributed by atoms with Crippen LogP contribution in [0.3, 0.4) is 0 Å². The number of aliphatic hydroxyl groups is 1. The molecular weight excluding hydrogens is 356 g/mol. The summed E-state index contributed by atoms with van der Waals surface area (Å²) in [5.41, 5.74) is 1.20. The fourth-order valence-corrected chi connectivity index (χ4v) is 4.30. The molecule has 1 heterocycles. The Bertz CT molecular complexity index is 687. The minimum Gasteiger partial charge on any atom is -0.494 e. The number of carbonyl (C=O) groups excluding carboxylic acids is 1. The van der Waals surface area contributed by atoms with Crippen molar-refractivity contribution in [3.63, 3.8) is 0 Å². The van der Waals surface area contributed by atoms with Crippen LogP contribution < -0.4 is 9.46 Å². The monoisotopic (exact) mass is 384 g/mol. The number of rotatable bonds is 10. The number of nitrogens with one attached hydrogen (secondary N) is 1. The minimum absolute atomic E-state index is 0.215. The molecule has 146 valence electrons. The Labute approximate surface area is 155 Å². The topological polar surface area (TPSA) is 95.9 Å². The second-order valence-electron chi connectivity index (χ2n) is 6.63. The van der Waals surface area contributed by atoms with E-state index in [1.165, 1.54) is 18.4 Å². The van der Waals surface area contributed by atoms with Crippen LogP contribution in [-0.4, -0.2) is 55.9 Å². The first kappa shape index (κ1) is 20.7. The molecule has 0 saturated carbocycles. The van der Waals surface area contributed by atoms with Crippen LogP contribution in [0.5, 0.6) is 5.75 Å². The molecule has 1 aliphatic heterocycles. The summed E-state index contributed by atoms with van der Waals surface area (Å²) in [4.78, 5) is 13.4. The van der Waals surface area contributed by atoms with Gasteiger partial charge in [-0.1, -0.05) is 12.1 Å². The predicted octanol–water partition coefficient (Wildman–Crippen LogP) is 1.27. The van der Waals surface area contributed by atoms with Crippen molar-refractivity contribution in [1.82, 2.24) is 9.62 Å². The molecule has 0 aliphatic carbocycles. The zero-order valence-electron chi connectivity index (χ0n) is 15.2. The third kappa shape index (κ3) is 6.59. The number of sulfonamides is 1. The molecule has 1 fully saturated rings. The number of nitrogens with zero attached hydrogens (tertiary/aromatic N) is 1. The van der Waals surface area contributed by atoms with E-state index >= 15 is 0 Å². The van der Waals surface area contributed by atoms with Gasteiger partial charge in [-0.05, 0) is 56.5 Å². The molecule has 1 aromatic rings. The number of ether oxygens (including phenoxy) is 1. The third-order valence-corrected chi connectivity index (χ3v) is 6.21. The molecule has 8 heteroatoms. The molecule has 1 unspecified atom stereocenters. The largest absolute Gasteiger partial charge is 0.494 e. The summed E-state index contributed by atoms with van der Waals surface area (Å²) in [6.45, 7) is 4.13. The van der Waals surface area contributed by atoms with Crippen molar-refractivity contribution in [3.8, 4) is 5.75 Å². The summed E-state index contributed by atoms with van der Waals surface area (Å²) in [7, 11) is -3.85. The maximum Gasteiger partial charge on any atom is 0.240 e. The highest BCUT2D eigenvalue weighted by Crippen LogP contribution is 2.18. The number of hydrogen-bond acceptors (Lipinski definition) is 6. The molecule has 0 aromatic heterocycles. The summed E-state index contributed by atoms with van der Waals surface area (Å²) in [5, 5.41) is 8.27. The lowest BCUT2D eigenvalue weighted by Crippen LogP contribution is -2.39. The Hall–Kier alpha value is -1.64. The number of likely N-dealkylation sites (tertiary alicyclic amines) is 1. The van der Waals surface area contributed by atoms with Crippen LogP contribution in [0.15, 0.2) is 24.3 Å². The Kier molecular flexibility index (Phi) is 7.86. The quantitative estimate of drug-likeness (QED) is 0.590. The van der Waals surface area contributed by atoms with Gasteiger partial charge in [0.05, 0.1) is 13.2 Å². The first-order valence-corrected chi connectivity index (χ1v) is 10.5. The van der Waals surface area contributed by atoms with E-state index < -0.39 is 27.8 Å². The van der Waals surface area contributed by atoms with E-state index in [0.717, 1.165) is 32.3 Å². The van der Waals surface area contributed by atoms with E-state index in [4.69, 9.17) is 4.74 Å². The van der Waals surface area contributed by atoms with Crippen LogP contribution in [0.4, 0.5) is 0 Å². The molecular formula is C18H28N2O5S. The Morgan fingerprint density at radius 3 is 2.73 bits per heavy atom. The highest BCUT2D eigenvalue weighted by Gasteiger charge is 2.25. The zero-order valence-corrected chi connectivity index (χ0v) is 16.0. The van der Waals surface area contributed by atoms with Crippen molar-refractivity contribution in [2.75, 3.05) is 26.3 Å². The van der Waals surface area contributed by atoms with Crippen LogP contribution in [0.2, 0.25) is 0 Å². The summed E-state index contributed by atoms with van der Waals surface area (Å²) < 4.78 is 31.4. The number of amides is 1. The maximum atomic E-state index is 11.9. The van der Waals surface area contributed by atoms with Gasteiger partial charge in [0.1, 0.15) is 11.0 Å². The van der Waals surface area contributed by atoms with Crippen LogP contribution >= 0.6 is 0 Å². The standard InChI is InChI=1S/C18H28N2O5S/c1-15(22)19-26(23,24)18(14-21)8-5-11-25-17-7-4-6-16(12-17)13-20-9-2-3-10-20/h4,6-7,12,18,21H,2-3,5,8-11,13-14H2,1H3,(H,19,22). The van der Waals surface area contributed by atoms with Crippen LogP contribution in [0.25, 0.3) is 0 Å². The fourth-order valence-electron chi connectivity index (χ4n) is 3.06. The first-order chi connectivity index (χ1) is 12.4. The van der Waals surface area contributed by atoms with E-state index in [9.17, 15) is 18.3 Å². The molecule has 2 N–H and O–H groups in total. The molecule has 2 rings (SSSR count). The van der Waals surface area contributed by atoms with Crippen molar-refractivity contribution in [1.29, 1.82) is 0 Å². The van der Waals surface area contributed by atoms with Crippen LogP contribution in [-0.2, 0) is 21.4 Å². The lowest BCUT2D eigenvalue weighted by atomic mass is 10.2. The molecule has 1 aliphatic rings. The van der Waals surface area contributed by atoms with Gasteiger partial charge in [-0.3, -0.25) is 14.4 Å². The van der Waals surface area contributed by atoms with Gasteiger partial charge in [0.2, 0.25) is 15.9 Å². The minimum atomic E-state index is -3.85. The highest BCUT2D eigenvalue weighted by atomic mass is 32.2. The second kappa shape index (κ2) is 9.89. The van der Waals surface area contributed by atoms with Gasteiger partial charge in [-0.2, -0.15) is 0 Å². The summed E-state index contributed by atoms with van der Waals surface area (Å²) in [5.74, 6) is 0.0986. The third-order valence-electron chi connectivity index (χ3n) is 4.37. The average Bonchev–Trinajstić information content (AvgIpc) is 3.06. The van der Waals surface area contributed by atoms with Crippen LogP contribution in [0.1, 0.15) is 38.2 Å². The van der Waals surface area contributed by atoms with Crippen molar-refractivity contribution in [2.24, 2.45) is 0 Å². The molecule has 0 bridgehead atoms. The summed E-state index contributed by atoms with van der Waals surface area (Å²) in [6.07, 6.45) is 3.18. The van der Waals surface area contributed by atoms with Gasteiger partial charge < -0.3 is 9.84 Å². The lowest BCUT2D eigenvalue weighted by molar-refractivity contribution is -0.117. The molecule has 26 heavy (non-hydrogen) atoms. The van der Waals surface area contributed by atoms with Gasteiger partial charge in [-0.25, -0.2) is 8.42 Å². The number of aliphatic hydroxyl groups excluding tert-OH is 1. The lowest BCUT2D eigenvalue weighted by Gasteiger charge is -2.16. The van der Waals surface area contributed by atoms with Gasteiger partial charge in [0.15, 0.2) is 0 Å². The van der Waals surface area contributed by atoms with E-state index in [2.05, 4.69) is 11.0 Å². The van der Waals surface area contributed by atoms with Crippen molar-refractivity contribution >= 4 is 15.9 Å². The molecule has 1 saturated heterocycles. The maximum absolute atomic E-state index is 11.9. The van der Waals surface area contributed by atoms with Gasteiger partial charge in [-0.15, -0.1) is 0 Å². The SMILES string of the molecule is CC(=O)NS(=O)(=O)C(CO)CCCOc1cccc(CN2CCCC2)c1. The number of benzene rings is 1. The van der Waals surface area contributed by atoms with Crippen molar-refractivity contribution in [2.45, 2.75) is 44.4 Å². The zero-order chi connectivity index (χ0) is 19.0. The number of hydrogen-bond donors (Lipinski definition) is 2. The summed E-state index contributed by atoms with van der Waals surface area (Å²) >= 11 is 0. The summed E-state index contributed by atoms with van der Waals surface area (Å²) in [6, 6.07) is 7.92. The molecule has 0 spiro atoms. The normalized spacial score (nSPS) is 16.4. The number of carbonyl (C=O) groups is 1. The smallest absolute Gasteiger partial charge is 0.240 e. The molecule has 0 radical (unpaired) electrons. The predicted molar refractivity (Wildman–Crippen MR) is 99.3 cm³/mol. The molecule has 1 aromatic carbocycles. The van der Waals surface area contributed by atoms with E-state index in [1.807, 2.05) is 22.9 Å². The Morgan fingerprint density at radius 1 is 1.35 bits per heavy atom. The highest BCUT2D eigenvalue weighted by molar-refractivity contribution is 7.90. The first-order valence-electron chi connectivity index (χ1n) is 8.98.